The van der Waals surface area contributed by atoms with Crippen molar-refractivity contribution in [2.45, 2.75) is 42.0 Å². The number of thiazole rings is 1. The Bertz CT molecular complexity index is 891. The Hall–Kier alpha value is -2.19. The van der Waals surface area contributed by atoms with Crippen molar-refractivity contribution in [1.82, 2.24) is 15.2 Å². The van der Waals surface area contributed by atoms with Crippen molar-refractivity contribution in [3.8, 4) is 11.3 Å². The van der Waals surface area contributed by atoms with Crippen molar-refractivity contribution < 1.29 is 14.4 Å². The van der Waals surface area contributed by atoms with E-state index in [1.165, 1.54) is 28.0 Å². The number of hydrogen-bond acceptors (Lipinski definition) is 6. The van der Waals surface area contributed by atoms with Gasteiger partial charge in [-0.15, -0.1) is 11.3 Å². The zero-order chi connectivity index (χ0) is 19.6. The predicted octanol–water partition coefficient (Wildman–Crippen LogP) is 3.09. The minimum atomic E-state index is -0.859. The molecule has 4 rings (SSSR count). The molecule has 1 aromatic heterocycles. The number of nitrogens with one attached hydrogen (secondary N) is 1. The summed E-state index contributed by atoms with van der Waals surface area (Å²) in [5.41, 5.74) is 1.07. The summed E-state index contributed by atoms with van der Waals surface area (Å²) in [5, 5.41) is 4.41. The molecule has 1 spiro atoms. The number of thioether (sulfide) groups is 1. The molecule has 2 aromatic rings. The summed E-state index contributed by atoms with van der Waals surface area (Å²) in [5.74, 6) is -0.724. The molecule has 2 heterocycles. The van der Waals surface area contributed by atoms with Crippen LogP contribution >= 0.6 is 23.1 Å². The molecule has 6 nitrogen and oxygen atoms in total. The number of piperazine rings is 1. The van der Waals surface area contributed by atoms with Gasteiger partial charge in [0.05, 0.1) is 11.4 Å². The SMILES string of the molecule is O=C1CN(C(=O)CSc2nc(-c3ccccc3)cs2)C2(CCCCC2)C(=O)N1. The van der Waals surface area contributed by atoms with E-state index in [2.05, 4.69) is 10.3 Å². The summed E-state index contributed by atoms with van der Waals surface area (Å²) >= 11 is 2.86. The second kappa shape index (κ2) is 8.05. The Balaban J connectivity index is 1.46. The van der Waals surface area contributed by atoms with Crippen molar-refractivity contribution >= 4 is 40.8 Å². The number of carbonyl (C=O) groups is 3. The van der Waals surface area contributed by atoms with Gasteiger partial charge >= 0.3 is 0 Å². The molecule has 2 aliphatic rings. The van der Waals surface area contributed by atoms with Gasteiger partial charge in [-0.2, -0.15) is 0 Å². The van der Waals surface area contributed by atoms with Crippen molar-refractivity contribution in [2.24, 2.45) is 0 Å². The first kappa shape index (κ1) is 19.1. The minimum Gasteiger partial charge on any atom is -0.318 e. The topological polar surface area (TPSA) is 79.4 Å². The monoisotopic (exact) mass is 415 g/mol. The molecular formula is C20H21N3O3S2. The first-order valence-electron chi connectivity index (χ1n) is 9.37. The number of nitrogens with zero attached hydrogens (tertiary/aromatic N) is 2. The molecule has 3 amide bonds. The highest BCUT2D eigenvalue weighted by Gasteiger charge is 2.50. The number of hydrogen-bond donors (Lipinski definition) is 1. The smallest absolute Gasteiger partial charge is 0.252 e. The summed E-state index contributed by atoms with van der Waals surface area (Å²) < 4.78 is 0.803. The van der Waals surface area contributed by atoms with Gasteiger partial charge in [0.2, 0.25) is 11.8 Å². The second-order valence-electron chi connectivity index (χ2n) is 7.10. The van der Waals surface area contributed by atoms with Crippen molar-refractivity contribution in [3.05, 3.63) is 35.7 Å². The fourth-order valence-corrected chi connectivity index (χ4v) is 5.64. The van der Waals surface area contributed by atoms with Crippen LogP contribution in [0.3, 0.4) is 0 Å². The van der Waals surface area contributed by atoms with Crippen LogP contribution in [0.15, 0.2) is 40.1 Å². The molecule has 8 heteroatoms. The summed E-state index contributed by atoms with van der Waals surface area (Å²) in [4.78, 5) is 43.6. The van der Waals surface area contributed by atoms with E-state index < -0.39 is 11.4 Å². The van der Waals surface area contributed by atoms with Crippen LogP contribution in [0.1, 0.15) is 32.1 Å². The number of amides is 3. The van der Waals surface area contributed by atoms with Crippen molar-refractivity contribution in [1.29, 1.82) is 0 Å². The zero-order valence-corrected chi connectivity index (χ0v) is 17.0. The average Bonchev–Trinajstić information content (AvgIpc) is 3.20. The average molecular weight is 416 g/mol. The first-order valence-corrected chi connectivity index (χ1v) is 11.2. The quantitative estimate of drug-likeness (QED) is 0.613. The van der Waals surface area contributed by atoms with Gasteiger partial charge in [0.1, 0.15) is 12.1 Å². The molecule has 28 heavy (non-hydrogen) atoms. The Morgan fingerprint density at radius 2 is 1.93 bits per heavy atom. The van der Waals surface area contributed by atoms with Gasteiger partial charge in [0, 0.05) is 10.9 Å². The highest BCUT2D eigenvalue weighted by atomic mass is 32.2. The van der Waals surface area contributed by atoms with Gasteiger partial charge in [-0.05, 0) is 12.8 Å². The molecule has 146 valence electrons. The lowest BCUT2D eigenvalue weighted by Crippen LogP contribution is -2.69. The number of imide groups is 1. The molecule has 0 unspecified atom stereocenters. The van der Waals surface area contributed by atoms with E-state index in [0.29, 0.717) is 12.8 Å². The third-order valence-corrected chi connectivity index (χ3v) is 7.35. The molecule has 1 aromatic carbocycles. The third kappa shape index (κ3) is 3.71. The van der Waals surface area contributed by atoms with Crippen LogP contribution in [0.5, 0.6) is 0 Å². The van der Waals surface area contributed by atoms with Gasteiger partial charge < -0.3 is 4.90 Å². The maximum absolute atomic E-state index is 13.0. The Morgan fingerprint density at radius 1 is 1.18 bits per heavy atom. The lowest BCUT2D eigenvalue weighted by Gasteiger charge is -2.47. The molecule has 1 saturated heterocycles. The third-order valence-electron chi connectivity index (χ3n) is 5.35. The normalized spacial score (nSPS) is 18.9. The lowest BCUT2D eigenvalue weighted by atomic mass is 9.78. The van der Waals surface area contributed by atoms with Crippen LogP contribution in [0, 0.1) is 0 Å². The Morgan fingerprint density at radius 3 is 2.68 bits per heavy atom. The van der Waals surface area contributed by atoms with Crippen LogP contribution in [-0.4, -0.2) is 45.4 Å². The van der Waals surface area contributed by atoms with Gasteiger partial charge in [-0.1, -0.05) is 61.4 Å². The summed E-state index contributed by atoms with van der Waals surface area (Å²) in [6, 6.07) is 9.89. The molecule has 0 atom stereocenters. The van der Waals surface area contributed by atoms with E-state index >= 15 is 0 Å². The van der Waals surface area contributed by atoms with E-state index in [0.717, 1.165) is 34.9 Å². The maximum Gasteiger partial charge on any atom is 0.252 e. The van der Waals surface area contributed by atoms with Crippen molar-refractivity contribution in [3.63, 3.8) is 0 Å². The molecule has 1 aliphatic carbocycles. The van der Waals surface area contributed by atoms with Gasteiger partial charge in [0.25, 0.3) is 5.91 Å². The van der Waals surface area contributed by atoms with E-state index in [-0.39, 0.29) is 24.1 Å². The van der Waals surface area contributed by atoms with E-state index in [4.69, 9.17) is 0 Å². The van der Waals surface area contributed by atoms with E-state index in [9.17, 15) is 14.4 Å². The molecule has 2 fully saturated rings. The Labute approximate surface area is 171 Å². The van der Waals surface area contributed by atoms with Gasteiger partial charge in [-0.3, -0.25) is 19.7 Å². The Kier molecular flexibility index (Phi) is 5.50. The number of benzene rings is 1. The molecule has 0 radical (unpaired) electrons. The highest BCUT2D eigenvalue weighted by molar-refractivity contribution is 8.01. The van der Waals surface area contributed by atoms with Crippen LogP contribution in [0.25, 0.3) is 11.3 Å². The number of rotatable bonds is 4. The summed E-state index contributed by atoms with van der Waals surface area (Å²) in [6.45, 7) is -0.0434. The number of carbonyl (C=O) groups excluding carboxylic acids is 3. The molecule has 1 N–H and O–H groups in total. The molecule has 1 aliphatic heterocycles. The molecule has 1 saturated carbocycles. The fourth-order valence-electron chi connectivity index (χ4n) is 3.93. The highest BCUT2D eigenvalue weighted by Crippen LogP contribution is 2.36. The lowest BCUT2D eigenvalue weighted by molar-refractivity contribution is -0.158. The van der Waals surface area contributed by atoms with Gasteiger partial charge in [-0.25, -0.2) is 4.98 Å². The standard InChI is InChI=1S/C20H21N3O3S2/c24-16-11-23(20(18(26)22-16)9-5-2-6-10-20)17(25)13-28-19-21-15(12-27-19)14-7-3-1-4-8-14/h1,3-4,7-8,12H,2,5-6,9-11,13H2,(H,22,24,26). The number of aromatic nitrogens is 1. The minimum absolute atomic E-state index is 0.0434. The summed E-state index contributed by atoms with van der Waals surface area (Å²) in [6.07, 6.45) is 4.09. The van der Waals surface area contributed by atoms with Crippen LogP contribution in [0.4, 0.5) is 0 Å². The molecular weight excluding hydrogens is 394 g/mol. The zero-order valence-electron chi connectivity index (χ0n) is 15.3. The fraction of sp³-hybridized carbons (Fsp3) is 0.400. The molecule has 0 bridgehead atoms. The maximum atomic E-state index is 13.0. The van der Waals surface area contributed by atoms with Crippen LogP contribution in [-0.2, 0) is 14.4 Å². The van der Waals surface area contributed by atoms with Crippen molar-refractivity contribution in [2.75, 3.05) is 12.3 Å². The van der Waals surface area contributed by atoms with E-state index in [1.807, 2.05) is 35.7 Å². The van der Waals surface area contributed by atoms with Gasteiger partial charge in [0.15, 0.2) is 4.34 Å². The second-order valence-corrected chi connectivity index (χ2v) is 9.18. The summed E-state index contributed by atoms with van der Waals surface area (Å²) in [7, 11) is 0. The van der Waals surface area contributed by atoms with Crippen LogP contribution in [0.2, 0.25) is 0 Å². The van der Waals surface area contributed by atoms with E-state index in [1.54, 1.807) is 0 Å². The first-order chi connectivity index (χ1) is 13.6. The predicted molar refractivity (Wildman–Crippen MR) is 109 cm³/mol. The van der Waals surface area contributed by atoms with Crippen LogP contribution < -0.4 is 5.32 Å². The largest absolute Gasteiger partial charge is 0.318 e.